The standard InChI is InChI=1S/C26H26N2O3/c1-3-31-25(29)22-13-15-23(16-14-22)27-26(30)28(24-17-11-20(2)12-18-24)19-7-10-21-8-5-4-6-9-21/h4-18H,3,19H2,1-2H3,(H,27,30)/b10-7+. The van der Waals surface area contributed by atoms with Crippen LogP contribution in [0.1, 0.15) is 28.4 Å². The highest BCUT2D eigenvalue weighted by molar-refractivity contribution is 6.02. The Hall–Kier alpha value is -3.86. The van der Waals surface area contributed by atoms with Gasteiger partial charge in [0.15, 0.2) is 0 Å². The first-order valence-electron chi connectivity index (χ1n) is 10.2. The van der Waals surface area contributed by atoms with Gasteiger partial charge in [-0.2, -0.15) is 0 Å². The third-order valence-electron chi connectivity index (χ3n) is 4.64. The lowest BCUT2D eigenvalue weighted by Crippen LogP contribution is -2.35. The number of ether oxygens (including phenoxy) is 1. The predicted molar refractivity (Wildman–Crippen MR) is 125 cm³/mol. The molecule has 0 heterocycles. The molecule has 0 bridgehead atoms. The predicted octanol–water partition coefficient (Wildman–Crippen LogP) is 5.92. The summed E-state index contributed by atoms with van der Waals surface area (Å²) in [4.78, 5) is 26.5. The van der Waals surface area contributed by atoms with Crippen LogP contribution >= 0.6 is 0 Å². The summed E-state index contributed by atoms with van der Waals surface area (Å²) in [5, 5.41) is 2.90. The minimum absolute atomic E-state index is 0.259. The number of urea groups is 1. The van der Waals surface area contributed by atoms with Crippen LogP contribution in [-0.4, -0.2) is 25.2 Å². The molecule has 2 amide bonds. The number of hydrogen-bond donors (Lipinski definition) is 1. The minimum Gasteiger partial charge on any atom is -0.462 e. The highest BCUT2D eigenvalue weighted by atomic mass is 16.5. The molecule has 0 atom stereocenters. The minimum atomic E-state index is -0.382. The Morgan fingerprint density at radius 3 is 2.26 bits per heavy atom. The van der Waals surface area contributed by atoms with Crippen LogP contribution in [0.3, 0.4) is 0 Å². The molecule has 5 heteroatoms. The number of hydrogen-bond acceptors (Lipinski definition) is 3. The van der Waals surface area contributed by atoms with Gasteiger partial charge in [0.05, 0.1) is 12.2 Å². The molecule has 31 heavy (non-hydrogen) atoms. The van der Waals surface area contributed by atoms with E-state index in [1.165, 1.54) is 0 Å². The van der Waals surface area contributed by atoms with Crippen LogP contribution in [0.4, 0.5) is 16.2 Å². The molecule has 3 aromatic carbocycles. The Kier molecular flexibility index (Phi) is 7.60. The average molecular weight is 415 g/mol. The average Bonchev–Trinajstić information content (AvgIpc) is 2.79. The molecule has 0 unspecified atom stereocenters. The third-order valence-corrected chi connectivity index (χ3v) is 4.64. The Labute approximate surface area is 183 Å². The first-order chi connectivity index (χ1) is 15.1. The van der Waals surface area contributed by atoms with Crippen molar-refractivity contribution in [2.75, 3.05) is 23.4 Å². The zero-order valence-corrected chi connectivity index (χ0v) is 17.7. The van der Waals surface area contributed by atoms with Gasteiger partial charge in [-0.25, -0.2) is 9.59 Å². The number of aryl methyl sites for hydroxylation is 1. The van der Waals surface area contributed by atoms with Crippen molar-refractivity contribution in [3.05, 3.63) is 102 Å². The van der Waals surface area contributed by atoms with E-state index < -0.39 is 0 Å². The van der Waals surface area contributed by atoms with Crippen LogP contribution in [-0.2, 0) is 4.74 Å². The topological polar surface area (TPSA) is 58.6 Å². The van der Waals surface area contributed by atoms with Crippen molar-refractivity contribution in [2.45, 2.75) is 13.8 Å². The molecule has 5 nitrogen and oxygen atoms in total. The number of anilines is 2. The van der Waals surface area contributed by atoms with E-state index in [0.29, 0.717) is 24.4 Å². The molecule has 0 aliphatic heterocycles. The maximum absolute atomic E-state index is 13.1. The van der Waals surface area contributed by atoms with E-state index in [1.807, 2.05) is 73.7 Å². The van der Waals surface area contributed by atoms with Crippen molar-refractivity contribution in [1.82, 2.24) is 0 Å². The molecule has 158 valence electrons. The van der Waals surface area contributed by atoms with Gasteiger partial charge in [-0.05, 0) is 55.8 Å². The molecule has 3 aromatic rings. The highest BCUT2D eigenvalue weighted by Crippen LogP contribution is 2.18. The van der Waals surface area contributed by atoms with Crippen LogP contribution < -0.4 is 10.2 Å². The zero-order valence-electron chi connectivity index (χ0n) is 17.7. The number of rotatable bonds is 7. The van der Waals surface area contributed by atoms with Crippen molar-refractivity contribution < 1.29 is 14.3 Å². The van der Waals surface area contributed by atoms with Crippen LogP contribution in [0.5, 0.6) is 0 Å². The lowest BCUT2D eigenvalue weighted by atomic mass is 10.2. The van der Waals surface area contributed by atoms with Crippen LogP contribution in [0.15, 0.2) is 84.9 Å². The van der Waals surface area contributed by atoms with Crippen LogP contribution in [0, 0.1) is 6.92 Å². The van der Waals surface area contributed by atoms with Crippen molar-refractivity contribution in [3.63, 3.8) is 0 Å². The molecule has 0 aliphatic rings. The molecule has 0 saturated carbocycles. The van der Waals surface area contributed by atoms with Crippen LogP contribution in [0.25, 0.3) is 6.08 Å². The number of esters is 1. The summed E-state index contributed by atoms with van der Waals surface area (Å²) in [5.74, 6) is -0.382. The molecule has 1 N–H and O–H groups in total. The summed E-state index contributed by atoms with van der Waals surface area (Å²) < 4.78 is 4.99. The Morgan fingerprint density at radius 2 is 1.61 bits per heavy atom. The summed E-state index contributed by atoms with van der Waals surface area (Å²) in [6, 6.07) is 24.2. The number of nitrogens with one attached hydrogen (secondary N) is 1. The third kappa shape index (κ3) is 6.31. The van der Waals surface area contributed by atoms with Crippen LogP contribution in [0.2, 0.25) is 0 Å². The SMILES string of the molecule is CCOC(=O)c1ccc(NC(=O)N(C/C=C/c2ccccc2)c2ccc(C)cc2)cc1. The maximum Gasteiger partial charge on any atom is 0.338 e. The largest absolute Gasteiger partial charge is 0.462 e. The van der Waals surface area contributed by atoms with Gasteiger partial charge < -0.3 is 10.1 Å². The van der Waals surface area contributed by atoms with Gasteiger partial charge >= 0.3 is 12.0 Å². The monoisotopic (exact) mass is 414 g/mol. The molecular weight excluding hydrogens is 388 g/mol. The maximum atomic E-state index is 13.1. The van der Waals surface area contributed by atoms with Gasteiger partial charge in [0.25, 0.3) is 0 Å². The lowest BCUT2D eigenvalue weighted by Gasteiger charge is -2.22. The zero-order chi connectivity index (χ0) is 22.1. The quantitative estimate of drug-likeness (QED) is 0.488. The fourth-order valence-corrected chi connectivity index (χ4v) is 2.98. The van der Waals surface area contributed by atoms with E-state index in [4.69, 9.17) is 4.74 Å². The van der Waals surface area contributed by atoms with E-state index >= 15 is 0 Å². The molecular formula is C26H26N2O3. The summed E-state index contributed by atoms with van der Waals surface area (Å²) in [6.45, 7) is 4.50. The highest BCUT2D eigenvalue weighted by Gasteiger charge is 2.15. The molecule has 0 saturated heterocycles. The summed E-state index contributed by atoms with van der Waals surface area (Å²) >= 11 is 0. The van der Waals surface area contributed by atoms with Gasteiger partial charge in [-0.15, -0.1) is 0 Å². The fourth-order valence-electron chi connectivity index (χ4n) is 2.98. The Bertz CT molecular complexity index is 1030. The van der Waals surface area contributed by atoms with Gasteiger partial charge in [-0.1, -0.05) is 60.2 Å². The van der Waals surface area contributed by atoms with Gasteiger partial charge in [0.2, 0.25) is 0 Å². The summed E-state index contributed by atoms with van der Waals surface area (Å²) in [7, 11) is 0. The van der Waals surface area contributed by atoms with Gasteiger partial charge in [0.1, 0.15) is 0 Å². The Balaban J connectivity index is 1.74. The normalized spacial score (nSPS) is 10.6. The number of benzene rings is 3. The fraction of sp³-hybridized carbons (Fsp3) is 0.154. The summed E-state index contributed by atoms with van der Waals surface area (Å²) in [6.07, 6.45) is 3.95. The smallest absolute Gasteiger partial charge is 0.338 e. The molecule has 3 rings (SSSR count). The van der Waals surface area contributed by atoms with E-state index in [2.05, 4.69) is 5.32 Å². The van der Waals surface area contributed by atoms with Gasteiger partial charge in [0, 0.05) is 17.9 Å². The molecule has 0 spiro atoms. The number of carbonyl (C=O) groups excluding carboxylic acids is 2. The number of carbonyl (C=O) groups is 2. The second kappa shape index (κ2) is 10.8. The van der Waals surface area contributed by atoms with Crippen molar-refractivity contribution in [3.8, 4) is 0 Å². The van der Waals surface area contributed by atoms with E-state index in [1.54, 1.807) is 36.1 Å². The second-order valence-corrected chi connectivity index (χ2v) is 6.99. The Morgan fingerprint density at radius 1 is 0.935 bits per heavy atom. The number of nitrogens with zero attached hydrogens (tertiary/aromatic N) is 1. The van der Waals surface area contributed by atoms with E-state index in [0.717, 1.165) is 16.8 Å². The number of amides is 2. The molecule has 0 radical (unpaired) electrons. The first-order valence-corrected chi connectivity index (χ1v) is 10.2. The second-order valence-electron chi connectivity index (χ2n) is 6.99. The first kappa shape index (κ1) is 21.8. The lowest BCUT2D eigenvalue weighted by molar-refractivity contribution is 0.0526. The van der Waals surface area contributed by atoms with Crippen molar-refractivity contribution in [1.29, 1.82) is 0 Å². The van der Waals surface area contributed by atoms with E-state index in [-0.39, 0.29) is 12.0 Å². The molecule has 0 fully saturated rings. The molecule has 0 aliphatic carbocycles. The van der Waals surface area contributed by atoms with Gasteiger partial charge in [-0.3, -0.25) is 4.90 Å². The van der Waals surface area contributed by atoms with E-state index in [9.17, 15) is 9.59 Å². The van der Waals surface area contributed by atoms with Crippen molar-refractivity contribution >= 4 is 29.5 Å². The van der Waals surface area contributed by atoms with Crippen molar-refractivity contribution in [2.24, 2.45) is 0 Å². The molecule has 0 aromatic heterocycles. The summed E-state index contributed by atoms with van der Waals surface area (Å²) in [5.41, 5.74) is 4.03.